The third kappa shape index (κ3) is 2.88. The Morgan fingerprint density at radius 2 is 2.27 bits per heavy atom. The van der Waals surface area contributed by atoms with Crippen LogP contribution in [0.25, 0.3) is 0 Å². The second kappa shape index (κ2) is 4.70. The molecule has 0 spiro atoms. The molecule has 1 aromatic carbocycles. The molecule has 0 aliphatic rings. The predicted octanol–water partition coefficient (Wildman–Crippen LogP) is 2.45. The van der Waals surface area contributed by atoms with Crippen LogP contribution in [-0.4, -0.2) is 10.9 Å². The molecule has 0 aliphatic carbocycles. The average molecular weight is 272 g/mol. The normalized spacial score (nSPS) is 9.40. The molecule has 78 valence electrons. The highest BCUT2D eigenvalue weighted by Gasteiger charge is 2.16. The van der Waals surface area contributed by atoms with E-state index in [0.717, 1.165) is 6.08 Å². The zero-order valence-corrected chi connectivity index (χ0v) is 9.06. The molecule has 0 fully saturated rings. The Labute approximate surface area is 93.6 Å². The van der Waals surface area contributed by atoms with Crippen LogP contribution in [0.15, 0.2) is 35.3 Å². The van der Waals surface area contributed by atoms with E-state index in [1.54, 1.807) is 0 Å². The lowest BCUT2D eigenvalue weighted by molar-refractivity contribution is -0.385. The largest absolute Gasteiger partial charge is 0.416 e. The fraction of sp³-hybridized carbons (Fsp3) is 0. The van der Waals surface area contributed by atoms with Gasteiger partial charge in [-0.2, -0.15) is 0 Å². The number of hydrogen-bond acceptors (Lipinski definition) is 4. The van der Waals surface area contributed by atoms with Gasteiger partial charge < -0.3 is 4.74 Å². The van der Waals surface area contributed by atoms with Gasteiger partial charge in [0.2, 0.25) is 5.75 Å². The monoisotopic (exact) mass is 271 g/mol. The third-order valence-electron chi connectivity index (χ3n) is 1.50. The molecule has 1 rings (SSSR count). The van der Waals surface area contributed by atoms with E-state index in [9.17, 15) is 14.9 Å². The molecule has 0 unspecified atom stereocenters. The minimum absolute atomic E-state index is 0.112. The number of halogens is 1. The summed E-state index contributed by atoms with van der Waals surface area (Å²) < 4.78 is 5.29. The molecule has 0 aromatic heterocycles. The van der Waals surface area contributed by atoms with Crippen molar-refractivity contribution in [1.82, 2.24) is 0 Å². The van der Waals surface area contributed by atoms with Gasteiger partial charge in [0.1, 0.15) is 0 Å². The topological polar surface area (TPSA) is 69.4 Å². The average Bonchev–Trinajstić information content (AvgIpc) is 2.17. The maximum Gasteiger partial charge on any atom is 0.335 e. The van der Waals surface area contributed by atoms with Crippen molar-refractivity contribution in [2.45, 2.75) is 0 Å². The van der Waals surface area contributed by atoms with Crippen LogP contribution in [0, 0.1) is 10.1 Å². The van der Waals surface area contributed by atoms with E-state index in [1.807, 2.05) is 0 Å². The van der Waals surface area contributed by atoms with Gasteiger partial charge >= 0.3 is 11.7 Å². The number of hydrogen-bond donors (Lipinski definition) is 0. The summed E-state index contributed by atoms with van der Waals surface area (Å²) in [6, 6.07) is 4.08. The summed E-state index contributed by atoms with van der Waals surface area (Å²) in [4.78, 5) is 20.8. The zero-order chi connectivity index (χ0) is 11.4. The molecule has 0 bridgehead atoms. The Bertz CT molecular complexity index is 430. The minimum Gasteiger partial charge on any atom is -0.416 e. The highest BCUT2D eigenvalue weighted by Crippen LogP contribution is 2.30. The number of carbonyl (C=O) groups excluding carboxylic acids is 1. The number of nitro groups is 1. The lowest BCUT2D eigenvalue weighted by Crippen LogP contribution is -2.05. The molecule has 5 nitrogen and oxygen atoms in total. The molecule has 0 radical (unpaired) electrons. The molecule has 1 aromatic rings. The predicted molar refractivity (Wildman–Crippen MR) is 56.6 cm³/mol. The van der Waals surface area contributed by atoms with Gasteiger partial charge in [0.05, 0.1) is 4.92 Å². The molecular formula is C9H6BrNO4. The first-order chi connectivity index (χ1) is 7.04. The summed E-state index contributed by atoms with van der Waals surface area (Å²) in [7, 11) is 0. The molecule has 0 amide bonds. The summed E-state index contributed by atoms with van der Waals surface area (Å²) in [6.07, 6.45) is 0.935. The maximum absolute atomic E-state index is 10.9. The SMILES string of the molecule is C=CC(=O)Oc1cc(Br)ccc1[N+](=O)[O-]. The second-order valence-electron chi connectivity index (χ2n) is 2.49. The summed E-state index contributed by atoms with van der Waals surface area (Å²) in [6.45, 7) is 3.20. The first-order valence-electron chi connectivity index (χ1n) is 3.83. The minimum atomic E-state index is -0.740. The van der Waals surface area contributed by atoms with E-state index in [1.165, 1.54) is 18.2 Å². The Hall–Kier alpha value is -1.69. The summed E-state index contributed by atoms with van der Waals surface area (Å²) in [5.74, 6) is -0.851. The number of nitrogens with zero attached hydrogens (tertiary/aromatic N) is 1. The van der Waals surface area contributed by atoms with Crippen molar-refractivity contribution in [3.05, 3.63) is 45.4 Å². The highest BCUT2D eigenvalue weighted by atomic mass is 79.9. The molecule has 15 heavy (non-hydrogen) atoms. The van der Waals surface area contributed by atoms with E-state index in [-0.39, 0.29) is 11.4 Å². The van der Waals surface area contributed by atoms with E-state index >= 15 is 0 Å². The van der Waals surface area contributed by atoms with Crippen LogP contribution in [0.2, 0.25) is 0 Å². The summed E-state index contributed by atoms with van der Waals surface area (Å²) in [5.41, 5.74) is -0.270. The summed E-state index contributed by atoms with van der Waals surface area (Å²) >= 11 is 3.12. The lowest BCUT2D eigenvalue weighted by atomic mass is 10.3. The Morgan fingerprint density at radius 3 is 2.80 bits per heavy atom. The lowest BCUT2D eigenvalue weighted by Gasteiger charge is -2.02. The molecule has 0 atom stereocenters. The zero-order valence-electron chi connectivity index (χ0n) is 7.47. The van der Waals surface area contributed by atoms with Gasteiger partial charge in [-0.25, -0.2) is 4.79 Å². The quantitative estimate of drug-likeness (QED) is 0.278. The van der Waals surface area contributed by atoms with E-state index < -0.39 is 10.9 Å². The fourth-order valence-electron chi connectivity index (χ4n) is 0.871. The van der Waals surface area contributed by atoms with Crippen molar-refractivity contribution in [3.63, 3.8) is 0 Å². The summed E-state index contributed by atoms with van der Waals surface area (Å²) in [5, 5.41) is 10.6. The van der Waals surface area contributed by atoms with Gasteiger partial charge in [-0.05, 0) is 6.07 Å². The molecule has 0 N–H and O–H groups in total. The molecule has 6 heteroatoms. The van der Waals surface area contributed by atoms with Crippen molar-refractivity contribution < 1.29 is 14.5 Å². The maximum atomic E-state index is 10.9. The van der Waals surface area contributed by atoms with E-state index in [0.29, 0.717) is 4.47 Å². The van der Waals surface area contributed by atoms with Crippen LogP contribution in [0.1, 0.15) is 0 Å². The van der Waals surface area contributed by atoms with Crippen LogP contribution in [0.4, 0.5) is 5.69 Å². The van der Waals surface area contributed by atoms with Crippen molar-refractivity contribution in [1.29, 1.82) is 0 Å². The van der Waals surface area contributed by atoms with E-state index in [4.69, 9.17) is 4.74 Å². The van der Waals surface area contributed by atoms with Crippen molar-refractivity contribution in [2.24, 2.45) is 0 Å². The van der Waals surface area contributed by atoms with Crippen molar-refractivity contribution in [3.8, 4) is 5.75 Å². The van der Waals surface area contributed by atoms with Crippen LogP contribution in [0.5, 0.6) is 5.75 Å². The molecule has 0 saturated heterocycles. The van der Waals surface area contributed by atoms with Gasteiger partial charge in [0.25, 0.3) is 0 Å². The number of carbonyl (C=O) groups is 1. The van der Waals surface area contributed by atoms with Gasteiger partial charge in [0.15, 0.2) is 0 Å². The van der Waals surface area contributed by atoms with Gasteiger partial charge in [-0.3, -0.25) is 10.1 Å². The Kier molecular flexibility index (Phi) is 3.56. The number of nitro benzene ring substituents is 1. The van der Waals surface area contributed by atoms with Crippen LogP contribution >= 0.6 is 15.9 Å². The van der Waals surface area contributed by atoms with Crippen LogP contribution < -0.4 is 4.74 Å². The molecule has 0 aliphatic heterocycles. The van der Waals surface area contributed by atoms with Crippen molar-refractivity contribution in [2.75, 3.05) is 0 Å². The Morgan fingerprint density at radius 1 is 1.60 bits per heavy atom. The fourth-order valence-corrected chi connectivity index (χ4v) is 1.21. The first kappa shape index (κ1) is 11.4. The smallest absolute Gasteiger partial charge is 0.335 e. The highest BCUT2D eigenvalue weighted by molar-refractivity contribution is 9.10. The van der Waals surface area contributed by atoms with Gasteiger partial charge in [-0.1, -0.05) is 22.5 Å². The van der Waals surface area contributed by atoms with Crippen molar-refractivity contribution >= 4 is 27.6 Å². The number of benzene rings is 1. The standard InChI is InChI=1S/C9H6BrNO4/c1-2-9(12)15-8-5-6(10)3-4-7(8)11(13)14/h2-5H,1H2. The van der Waals surface area contributed by atoms with Gasteiger partial charge in [0, 0.05) is 22.7 Å². The molecule has 0 heterocycles. The van der Waals surface area contributed by atoms with Gasteiger partial charge in [-0.15, -0.1) is 0 Å². The Balaban J connectivity index is 3.12. The number of esters is 1. The van der Waals surface area contributed by atoms with E-state index in [2.05, 4.69) is 22.5 Å². The first-order valence-corrected chi connectivity index (χ1v) is 4.62. The third-order valence-corrected chi connectivity index (χ3v) is 1.99. The van der Waals surface area contributed by atoms with Crippen LogP contribution in [0.3, 0.4) is 0 Å². The second-order valence-corrected chi connectivity index (χ2v) is 3.41. The number of ether oxygens (including phenoxy) is 1. The molecular weight excluding hydrogens is 266 g/mol. The molecule has 0 saturated carbocycles. The van der Waals surface area contributed by atoms with Crippen LogP contribution in [-0.2, 0) is 4.79 Å². The number of rotatable bonds is 3.